The predicted molar refractivity (Wildman–Crippen MR) is 60.1 cm³/mol. The molecule has 0 bridgehead atoms. The minimum absolute atomic E-state index is 0.0161. The van der Waals surface area contributed by atoms with Gasteiger partial charge >= 0.3 is 5.97 Å². The van der Waals surface area contributed by atoms with Crippen LogP contribution >= 0.6 is 0 Å². The van der Waals surface area contributed by atoms with E-state index in [-0.39, 0.29) is 34.9 Å². The molecule has 0 spiro atoms. The topological polar surface area (TPSA) is 75.2 Å². The molecule has 1 aromatic carbocycles. The van der Waals surface area contributed by atoms with E-state index in [4.69, 9.17) is 9.84 Å². The van der Waals surface area contributed by atoms with E-state index in [1.165, 1.54) is 6.07 Å². The molecule has 0 unspecified atom stereocenters. The molecule has 0 amide bonds. The molecule has 0 radical (unpaired) electrons. The molecule has 2 N–H and O–H groups in total. The van der Waals surface area contributed by atoms with Gasteiger partial charge in [0.25, 0.3) is 0 Å². The zero-order valence-corrected chi connectivity index (χ0v) is 9.54. The second kappa shape index (κ2) is 4.04. The van der Waals surface area contributed by atoms with E-state index in [9.17, 15) is 13.6 Å². The summed E-state index contributed by atoms with van der Waals surface area (Å²) in [5.74, 6) is -2.61. The highest BCUT2D eigenvalue weighted by molar-refractivity contribution is 5.87. The van der Waals surface area contributed by atoms with Crippen LogP contribution in [0.25, 0.3) is 11.3 Å². The molecule has 0 saturated heterocycles. The van der Waals surface area contributed by atoms with Gasteiger partial charge in [0.05, 0.1) is 17.9 Å². The first-order valence-electron chi connectivity index (χ1n) is 5.50. The molecule has 5 nitrogen and oxygen atoms in total. The van der Waals surface area contributed by atoms with Gasteiger partial charge in [-0.05, 0) is 6.07 Å². The summed E-state index contributed by atoms with van der Waals surface area (Å²) < 4.78 is 32.7. The number of halogens is 2. The maximum absolute atomic E-state index is 13.9. The van der Waals surface area contributed by atoms with Crippen molar-refractivity contribution in [1.29, 1.82) is 0 Å². The number of fused-ring (bicyclic) bond motifs is 1. The minimum atomic E-state index is -1.21. The van der Waals surface area contributed by atoms with Gasteiger partial charge in [-0.2, -0.15) is 5.10 Å². The first-order valence-corrected chi connectivity index (χ1v) is 5.50. The Bertz CT molecular complexity index is 682. The second-order valence-corrected chi connectivity index (χ2v) is 4.09. The third-order valence-electron chi connectivity index (χ3n) is 2.94. The molecule has 1 aromatic heterocycles. The van der Waals surface area contributed by atoms with Crippen LogP contribution in [-0.2, 0) is 6.42 Å². The van der Waals surface area contributed by atoms with Gasteiger partial charge in [-0.15, -0.1) is 0 Å². The molecule has 1 aliphatic heterocycles. The number of H-pyrrole nitrogens is 1. The zero-order chi connectivity index (χ0) is 13.6. The van der Waals surface area contributed by atoms with Gasteiger partial charge < -0.3 is 9.84 Å². The molecule has 0 saturated carbocycles. The van der Waals surface area contributed by atoms with Crippen LogP contribution in [0.4, 0.5) is 8.78 Å². The molecule has 0 atom stereocenters. The van der Waals surface area contributed by atoms with E-state index >= 15 is 0 Å². The summed E-state index contributed by atoms with van der Waals surface area (Å²) in [6.45, 7) is 0.263. The van der Waals surface area contributed by atoms with Gasteiger partial charge in [-0.25, -0.2) is 13.6 Å². The Kier molecular flexibility index (Phi) is 2.48. The summed E-state index contributed by atoms with van der Waals surface area (Å²) >= 11 is 0. The van der Waals surface area contributed by atoms with E-state index in [1.807, 2.05) is 0 Å². The van der Waals surface area contributed by atoms with Gasteiger partial charge in [0.15, 0.2) is 0 Å². The number of nitrogens with zero attached hydrogens (tertiary/aromatic N) is 1. The van der Waals surface area contributed by atoms with Crippen molar-refractivity contribution < 1.29 is 23.4 Å². The number of carbonyl (C=O) groups is 1. The maximum atomic E-state index is 13.9. The lowest BCUT2D eigenvalue weighted by atomic mass is 10.0. The fourth-order valence-electron chi connectivity index (χ4n) is 2.08. The van der Waals surface area contributed by atoms with Crippen LogP contribution < -0.4 is 4.74 Å². The number of hydrogen-bond donors (Lipinski definition) is 2. The molecule has 19 heavy (non-hydrogen) atoms. The van der Waals surface area contributed by atoms with E-state index in [0.717, 1.165) is 6.07 Å². The number of carboxylic acid groups (broad SMARTS) is 1. The number of aromatic amines is 1. The lowest BCUT2D eigenvalue weighted by Gasteiger charge is -2.07. The normalized spacial score (nSPS) is 13.2. The number of carboxylic acids is 1. The molecule has 98 valence electrons. The van der Waals surface area contributed by atoms with E-state index < -0.39 is 17.6 Å². The fourth-order valence-corrected chi connectivity index (χ4v) is 2.08. The fraction of sp³-hybridized carbons (Fsp3) is 0.167. The molecule has 7 heteroatoms. The first kappa shape index (κ1) is 11.6. The number of aromatic nitrogens is 2. The highest BCUT2D eigenvalue weighted by Gasteiger charge is 2.26. The highest BCUT2D eigenvalue weighted by Crippen LogP contribution is 2.39. The van der Waals surface area contributed by atoms with Gasteiger partial charge in [0.2, 0.25) is 0 Å². The summed E-state index contributed by atoms with van der Waals surface area (Å²) in [6.07, 6.45) is 0.352. The molecular formula is C12H8F2N2O3. The van der Waals surface area contributed by atoms with Crippen LogP contribution in [0, 0.1) is 11.6 Å². The molecule has 0 fully saturated rings. The van der Waals surface area contributed by atoms with Crippen molar-refractivity contribution in [3.05, 3.63) is 35.0 Å². The molecule has 1 aliphatic rings. The number of rotatable bonds is 2. The SMILES string of the molecule is O=C(O)c1cc(-c2c(F)cc(F)c3c2OCC3)n[nH]1. The highest BCUT2D eigenvalue weighted by atomic mass is 19.1. The number of aromatic carboxylic acids is 1. The summed E-state index contributed by atoms with van der Waals surface area (Å²) in [4.78, 5) is 10.8. The van der Waals surface area contributed by atoms with Crippen molar-refractivity contribution >= 4 is 5.97 Å². The second-order valence-electron chi connectivity index (χ2n) is 4.09. The third-order valence-corrected chi connectivity index (χ3v) is 2.94. The van der Waals surface area contributed by atoms with Crippen molar-refractivity contribution in [2.24, 2.45) is 0 Å². The van der Waals surface area contributed by atoms with Crippen LogP contribution in [0.2, 0.25) is 0 Å². The number of benzene rings is 1. The van der Waals surface area contributed by atoms with Crippen LogP contribution in [0.5, 0.6) is 5.75 Å². The Labute approximate surface area is 105 Å². The smallest absolute Gasteiger partial charge is 0.353 e. The van der Waals surface area contributed by atoms with E-state index in [1.54, 1.807) is 0 Å². The summed E-state index contributed by atoms with van der Waals surface area (Å²) in [5, 5.41) is 14.8. The average molecular weight is 266 g/mol. The Balaban J connectivity index is 2.19. The minimum Gasteiger partial charge on any atom is -0.492 e. The van der Waals surface area contributed by atoms with E-state index in [2.05, 4.69) is 10.2 Å². The predicted octanol–water partition coefficient (Wildman–Crippen LogP) is 1.99. The number of nitrogens with one attached hydrogen (secondary N) is 1. The first-order chi connectivity index (χ1) is 9.08. The molecule has 2 aromatic rings. The van der Waals surface area contributed by atoms with Crippen LogP contribution in [-0.4, -0.2) is 27.9 Å². The summed E-state index contributed by atoms with van der Waals surface area (Å²) in [6, 6.07) is 1.94. The van der Waals surface area contributed by atoms with Crippen LogP contribution in [0.3, 0.4) is 0 Å². The molecule has 2 heterocycles. The number of hydrogen-bond acceptors (Lipinski definition) is 3. The molecular weight excluding hydrogens is 258 g/mol. The maximum Gasteiger partial charge on any atom is 0.353 e. The Morgan fingerprint density at radius 2 is 2.16 bits per heavy atom. The Morgan fingerprint density at radius 1 is 1.37 bits per heavy atom. The quantitative estimate of drug-likeness (QED) is 0.871. The largest absolute Gasteiger partial charge is 0.492 e. The van der Waals surface area contributed by atoms with Crippen molar-refractivity contribution in [1.82, 2.24) is 10.2 Å². The van der Waals surface area contributed by atoms with Gasteiger partial charge in [0, 0.05) is 18.1 Å². The third kappa shape index (κ3) is 1.74. The van der Waals surface area contributed by atoms with Crippen LogP contribution in [0.15, 0.2) is 12.1 Å². The van der Waals surface area contributed by atoms with Gasteiger partial charge in [-0.3, -0.25) is 5.10 Å². The Hall–Kier alpha value is -2.44. The summed E-state index contributed by atoms with van der Waals surface area (Å²) in [7, 11) is 0. The molecule has 3 rings (SSSR count). The monoisotopic (exact) mass is 266 g/mol. The average Bonchev–Trinajstić information content (AvgIpc) is 2.97. The van der Waals surface area contributed by atoms with Crippen LogP contribution in [0.1, 0.15) is 16.1 Å². The standard InChI is InChI=1S/C12H8F2N2O3/c13-6-3-7(14)10(11-5(6)1-2-19-11)8-4-9(12(17)18)16-15-8/h3-4H,1-2H2,(H,15,16)(H,17,18). The number of ether oxygens (including phenoxy) is 1. The Morgan fingerprint density at radius 3 is 2.84 bits per heavy atom. The molecule has 0 aliphatic carbocycles. The summed E-state index contributed by atoms with van der Waals surface area (Å²) in [5.41, 5.74) is 0.174. The zero-order valence-electron chi connectivity index (χ0n) is 9.54. The van der Waals surface area contributed by atoms with Gasteiger partial charge in [0.1, 0.15) is 23.1 Å². The van der Waals surface area contributed by atoms with Gasteiger partial charge in [-0.1, -0.05) is 0 Å². The van der Waals surface area contributed by atoms with Crippen molar-refractivity contribution in [2.75, 3.05) is 6.61 Å². The lowest BCUT2D eigenvalue weighted by molar-refractivity contribution is 0.0690. The lowest BCUT2D eigenvalue weighted by Crippen LogP contribution is -1.95. The van der Waals surface area contributed by atoms with Crippen molar-refractivity contribution in [3.63, 3.8) is 0 Å². The van der Waals surface area contributed by atoms with Crippen molar-refractivity contribution in [3.8, 4) is 17.0 Å². The van der Waals surface area contributed by atoms with Crippen molar-refractivity contribution in [2.45, 2.75) is 6.42 Å². The van der Waals surface area contributed by atoms with E-state index in [0.29, 0.717) is 6.42 Å².